The SMILES string of the molecule is CCC(C)NC(=O)C(CC)N(Cc1cccc(C)c1)C(=O)CN(c1cc(C(F)(F)F)ccc1Cl)S(=O)(=O)c1ccccc1. The van der Waals surface area contributed by atoms with Crippen LogP contribution in [-0.4, -0.2) is 43.8 Å². The fourth-order valence-electron chi connectivity index (χ4n) is 4.48. The van der Waals surface area contributed by atoms with E-state index in [0.29, 0.717) is 22.4 Å². The van der Waals surface area contributed by atoms with Crippen molar-refractivity contribution in [2.75, 3.05) is 10.8 Å². The van der Waals surface area contributed by atoms with Crippen molar-refractivity contribution in [1.82, 2.24) is 10.2 Å². The number of aryl methyl sites for hydroxylation is 1. The van der Waals surface area contributed by atoms with E-state index in [4.69, 9.17) is 11.6 Å². The predicted molar refractivity (Wildman–Crippen MR) is 161 cm³/mol. The van der Waals surface area contributed by atoms with Crippen molar-refractivity contribution in [3.63, 3.8) is 0 Å². The van der Waals surface area contributed by atoms with Gasteiger partial charge in [-0.3, -0.25) is 13.9 Å². The normalized spacial score (nSPS) is 13.2. The number of anilines is 1. The molecular formula is C31H35ClF3N3O4S. The number of rotatable bonds is 12. The summed E-state index contributed by atoms with van der Waals surface area (Å²) in [6.45, 7) is 6.36. The zero-order valence-corrected chi connectivity index (χ0v) is 25.9. The molecule has 2 atom stereocenters. The van der Waals surface area contributed by atoms with Gasteiger partial charge in [0.05, 0.1) is 21.2 Å². The largest absolute Gasteiger partial charge is 0.416 e. The Balaban J connectivity index is 2.15. The summed E-state index contributed by atoms with van der Waals surface area (Å²) in [5.41, 5.74) is -0.0476. The summed E-state index contributed by atoms with van der Waals surface area (Å²) in [6, 6.07) is 15.4. The molecule has 0 bridgehead atoms. The van der Waals surface area contributed by atoms with E-state index in [9.17, 15) is 31.2 Å². The predicted octanol–water partition coefficient (Wildman–Crippen LogP) is 6.58. The summed E-state index contributed by atoms with van der Waals surface area (Å²) >= 11 is 6.30. The van der Waals surface area contributed by atoms with Crippen LogP contribution in [0.4, 0.5) is 18.9 Å². The molecule has 0 radical (unpaired) electrons. The van der Waals surface area contributed by atoms with Crippen molar-refractivity contribution in [3.8, 4) is 0 Å². The number of alkyl halides is 3. The third-order valence-corrected chi connectivity index (χ3v) is 9.07. The van der Waals surface area contributed by atoms with Gasteiger partial charge in [-0.1, -0.05) is 73.5 Å². The number of nitrogens with one attached hydrogen (secondary N) is 1. The Bertz CT molecular complexity index is 1530. The van der Waals surface area contributed by atoms with Crippen molar-refractivity contribution in [3.05, 3.63) is 94.5 Å². The molecule has 0 aliphatic carbocycles. The van der Waals surface area contributed by atoms with Crippen LogP contribution >= 0.6 is 11.6 Å². The lowest BCUT2D eigenvalue weighted by Gasteiger charge is -2.34. The van der Waals surface area contributed by atoms with Gasteiger partial charge in [0.1, 0.15) is 12.6 Å². The molecule has 232 valence electrons. The number of benzene rings is 3. The van der Waals surface area contributed by atoms with Gasteiger partial charge in [0.25, 0.3) is 10.0 Å². The lowest BCUT2D eigenvalue weighted by atomic mass is 10.1. The summed E-state index contributed by atoms with van der Waals surface area (Å²) in [4.78, 5) is 28.5. The summed E-state index contributed by atoms with van der Waals surface area (Å²) in [5.74, 6) is -1.21. The monoisotopic (exact) mass is 637 g/mol. The van der Waals surface area contributed by atoms with Gasteiger partial charge >= 0.3 is 6.18 Å². The van der Waals surface area contributed by atoms with Gasteiger partial charge in [0, 0.05) is 12.6 Å². The van der Waals surface area contributed by atoms with E-state index < -0.39 is 51.9 Å². The Kier molecular flexibility index (Phi) is 11.3. The molecule has 12 heteroatoms. The van der Waals surface area contributed by atoms with Crippen molar-refractivity contribution in [1.29, 1.82) is 0 Å². The summed E-state index contributed by atoms with van der Waals surface area (Å²) < 4.78 is 69.4. The number of amides is 2. The molecule has 43 heavy (non-hydrogen) atoms. The number of hydrogen-bond acceptors (Lipinski definition) is 4. The molecule has 7 nitrogen and oxygen atoms in total. The van der Waals surface area contributed by atoms with Gasteiger partial charge in [-0.05, 0) is 62.6 Å². The molecule has 0 aromatic heterocycles. The quantitative estimate of drug-likeness (QED) is 0.243. The highest BCUT2D eigenvalue weighted by Gasteiger charge is 2.37. The third-order valence-electron chi connectivity index (χ3n) is 6.97. The van der Waals surface area contributed by atoms with Crippen molar-refractivity contribution < 1.29 is 31.2 Å². The van der Waals surface area contributed by atoms with E-state index in [-0.39, 0.29) is 28.9 Å². The van der Waals surface area contributed by atoms with Crippen molar-refractivity contribution in [2.24, 2.45) is 0 Å². The summed E-state index contributed by atoms with van der Waals surface area (Å²) in [6.07, 6.45) is -3.95. The number of hydrogen-bond donors (Lipinski definition) is 1. The van der Waals surface area contributed by atoms with E-state index >= 15 is 0 Å². The van der Waals surface area contributed by atoms with E-state index in [2.05, 4.69) is 5.32 Å². The molecule has 0 saturated heterocycles. The highest BCUT2D eigenvalue weighted by Crippen LogP contribution is 2.37. The van der Waals surface area contributed by atoms with Crippen molar-refractivity contribution in [2.45, 2.75) is 70.2 Å². The lowest BCUT2D eigenvalue weighted by molar-refractivity contribution is -0.140. The van der Waals surface area contributed by atoms with Crippen LogP contribution in [0.25, 0.3) is 0 Å². The maximum atomic E-state index is 14.1. The van der Waals surface area contributed by atoms with Gasteiger partial charge in [0.2, 0.25) is 11.8 Å². The second-order valence-electron chi connectivity index (χ2n) is 10.2. The summed E-state index contributed by atoms with van der Waals surface area (Å²) in [7, 11) is -4.59. The van der Waals surface area contributed by atoms with Gasteiger partial charge < -0.3 is 10.2 Å². The Hall–Kier alpha value is -3.57. The van der Waals surface area contributed by atoms with Crippen LogP contribution in [0.3, 0.4) is 0 Å². The molecule has 0 spiro atoms. The van der Waals surface area contributed by atoms with Crippen LogP contribution in [0.5, 0.6) is 0 Å². The van der Waals surface area contributed by atoms with Gasteiger partial charge in [0.15, 0.2) is 0 Å². The average Bonchev–Trinajstić information content (AvgIpc) is 2.95. The van der Waals surface area contributed by atoms with E-state index in [1.165, 1.54) is 29.2 Å². The number of sulfonamides is 1. The first kappa shape index (κ1) is 33.9. The second kappa shape index (κ2) is 14.3. The maximum absolute atomic E-state index is 14.1. The van der Waals surface area contributed by atoms with Gasteiger partial charge in [-0.25, -0.2) is 8.42 Å². The molecule has 0 saturated carbocycles. The lowest BCUT2D eigenvalue weighted by Crippen LogP contribution is -2.53. The average molecular weight is 638 g/mol. The van der Waals surface area contributed by atoms with E-state index in [1.54, 1.807) is 25.1 Å². The zero-order chi connectivity index (χ0) is 31.9. The first-order chi connectivity index (χ1) is 20.2. The minimum absolute atomic E-state index is 0.0392. The fraction of sp³-hybridized carbons (Fsp3) is 0.355. The van der Waals surface area contributed by atoms with Crippen molar-refractivity contribution >= 4 is 39.1 Å². The molecule has 0 aliphatic rings. The standard InChI is InChI=1S/C31H35ClF3N3O4S/c1-5-22(4)36-30(40)27(6-2)37(19-23-12-10-11-21(3)17-23)29(39)20-38(43(41,42)25-13-8-7-9-14-25)28-18-24(31(33,34)35)15-16-26(28)32/h7-18,22,27H,5-6,19-20H2,1-4H3,(H,36,40). The molecule has 3 aromatic carbocycles. The number of carbonyl (C=O) groups is 2. The molecule has 0 aliphatic heterocycles. The minimum atomic E-state index is -4.80. The van der Waals surface area contributed by atoms with Crippen LogP contribution in [0.15, 0.2) is 77.7 Å². The number of halogens is 4. The molecular weight excluding hydrogens is 603 g/mol. The minimum Gasteiger partial charge on any atom is -0.352 e. The maximum Gasteiger partial charge on any atom is 0.416 e. The summed E-state index contributed by atoms with van der Waals surface area (Å²) in [5, 5.41) is 2.58. The van der Waals surface area contributed by atoms with E-state index in [1.807, 2.05) is 32.9 Å². The number of carbonyl (C=O) groups excluding carboxylic acids is 2. The molecule has 3 aromatic rings. The van der Waals surface area contributed by atoms with Gasteiger partial charge in [-0.2, -0.15) is 13.2 Å². The second-order valence-corrected chi connectivity index (χ2v) is 12.5. The molecule has 0 heterocycles. The van der Waals surface area contributed by atoms with Gasteiger partial charge in [-0.15, -0.1) is 0 Å². The number of nitrogens with zero attached hydrogens (tertiary/aromatic N) is 2. The fourth-order valence-corrected chi connectivity index (χ4v) is 6.20. The van der Waals surface area contributed by atoms with E-state index in [0.717, 1.165) is 17.7 Å². The van der Waals surface area contributed by atoms with Crippen LogP contribution in [0, 0.1) is 6.92 Å². The Morgan fingerprint density at radius 1 is 0.953 bits per heavy atom. The van der Waals surface area contributed by atoms with Crippen LogP contribution in [0.2, 0.25) is 5.02 Å². The Morgan fingerprint density at radius 2 is 1.63 bits per heavy atom. The smallest absolute Gasteiger partial charge is 0.352 e. The van der Waals surface area contributed by atoms with Crippen LogP contribution in [-0.2, 0) is 32.3 Å². The van der Waals surface area contributed by atoms with Crippen LogP contribution < -0.4 is 9.62 Å². The molecule has 0 fully saturated rings. The highest BCUT2D eigenvalue weighted by molar-refractivity contribution is 7.92. The molecule has 3 rings (SSSR count). The first-order valence-electron chi connectivity index (χ1n) is 13.8. The zero-order valence-electron chi connectivity index (χ0n) is 24.4. The molecule has 1 N–H and O–H groups in total. The first-order valence-corrected chi connectivity index (χ1v) is 15.6. The Labute approximate surface area is 255 Å². The third kappa shape index (κ3) is 8.51. The highest BCUT2D eigenvalue weighted by atomic mass is 35.5. The molecule has 2 amide bonds. The Morgan fingerprint density at radius 3 is 2.21 bits per heavy atom. The topological polar surface area (TPSA) is 86.8 Å². The molecule has 2 unspecified atom stereocenters. The van der Waals surface area contributed by atoms with Crippen LogP contribution in [0.1, 0.15) is 50.3 Å².